The van der Waals surface area contributed by atoms with E-state index in [0.29, 0.717) is 48.4 Å². The van der Waals surface area contributed by atoms with Gasteiger partial charge in [-0.2, -0.15) is 5.10 Å². The van der Waals surface area contributed by atoms with Gasteiger partial charge in [0.25, 0.3) is 0 Å². The van der Waals surface area contributed by atoms with E-state index in [-0.39, 0.29) is 24.4 Å². The lowest BCUT2D eigenvalue weighted by atomic mass is 9.85. The van der Waals surface area contributed by atoms with Crippen LogP contribution in [-0.4, -0.2) is 81.6 Å². The summed E-state index contributed by atoms with van der Waals surface area (Å²) in [6.07, 6.45) is 6.45. The first-order valence-corrected chi connectivity index (χ1v) is 17.8. The van der Waals surface area contributed by atoms with Crippen molar-refractivity contribution in [3.63, 3.8) is 0 Å². The Morgan fingerprint density at radius 1 is 0.981 bits per heavy atom. The third kappa shape index (κ3) is 7.38. The van der Waals surface area contributed by atoms with Crippen molar-refractivity contribution < 1.29 is 23.9 Å². The fourth-order valence-corrected chi connectivity index (χ4v) is 7.04. The minimum Gasteiger partial charge on any atom is -0.492 e. The van der Waals surface area contributed by atoms with Crippen LogP contribution in [0.25, 0.3) is 11.3 Å². The van der Waals surface area contributed by atoms with Crippen LogP contribution >= 0.6 is 0 Å². The first-order valence-electron chi connectivity index (χ1n) is 17.8. The van der Waals surface area contributed by atoms with E-state index in [2.05, 4.69) is 32.4 Å². The number of amides is 2. The van der Waals surface area contributed by atoms with E-state index < -0.39 is 6.03 Å². The monoisotopic (exact) mass is 707 g/mol. The Morgan fingerprint density at radius 3 is 2.63 bits per heavy atom. The number of carbonyl (C=O) groups excluding carboxylic acids is 2. The van der Waals surface area contributed by atoms with E-state index in [4.69, 9.17) is 14.3 Å². The van der Waals surface area contributed by atoms with Crippen molar-refractivity contribution in [3.8, 4) is 17.2 Å². The second-order valence-corrected chi connectivity index (χ2v) is 13.6. The number of hydrogen-bond acceptors (Lipinski definition) is 10. The number of hydroxylamine groups is 1. The van der Waals surface area contributed by atoms with Gasteiger partial charge in [-0.15, -0.1) is 15.3 Å². The minimum absolute atomic E-state index is 0.232. The summed E-state index contributed by atoms with van der Waals surface area (Å²) < 4.78 is 16.1. The Labute approximate surface area is 302 Å². The Kier molecular flexibility index (Phi) is 10.2. The molecule has 1 saturated heterocycles. The molecule has 0 bridgehead atoms. The molecule has 1 aliphatic heterocycles. The predicted molar refractivity (Wildman–Crippen MR) is 196 cm³/mol. The second kappa shape index (κ2) is 15.3. The first kappa shape index (κ1) is 34.8. The minimum atomic E-state index is -0.608. The summed E-state index contributed by atoms with van der Waals surface area (Å²) in [6.45, 7) is 6.49. The Bertz CT molecular complexity index is 2030. The van der Waals surface area contributed by atoms with Gasteiger partial charge in [-0.05, 0) is 95.4 Å². The molecule has 1 fully saturated rings. The van der Waals surface area contributed by atoms with Gasteiger partial charge in [0.15, 0.2) is 11.5 Å². The average Bonchev–Trinajstić information content (AvgIpc) is 3.74. The molecule has 0 unspecified atom stereocenters. The van der Waals surface area contributed by atoms with Gasteiger partial charge in [0, 0.05) is 31.3 Å². The summed E-state index contributed by atoms with van der Waals surface area (Å²) in [5, 5.41) is 17.6. The maximum Gasteiger partial charge on any atom is 0.357 e. The van der Waals surface area contributed by atoms with Gasteiger partial charge in [-0.1, -0.05) is 30.3 Å². The van der Waals surface area contributed by atoms with Gasteiger partial charge in [0.05, 0.1) is 23.6 Å². The highest BCUT2D eigenvalue weighted by atomic mass is 16.7. The number of aromatic nitrogens is 5. The third-order valence-electron chi connectivity index (χ3n) is 9.65. The molecule has 5 aromatic rings. The fraction of sp³-hybridized carbons (Fsp3) is 0.395. The molecule has 4 heterocycles. The molecule has 272 valence electrons. The maximum atomic E-state index is 13.9. The van der Waals surface area contributed by atoms with Gasteiger partial charge in [0.1, 0.15) is 24.2 Å². The molecule has 3 atom stereocenters. The van der Waals surface area contributed by atoms with Crippen molar-refractivity contribution in [2.24, 2.45) is 0 Å². The Morgan fingerprint density at radius 2 is 1.83 bits per heavy atom. The summed E-state index contributed by atoms with van der Waals surface area (Å²) in [5.74, 6) is 2.46. The summed E-state index contributed by atoms with van der Waals surface area (Å²) >= 11 is 0. The molecule has 2 amide bonds. The summed E-state index contributed by atoms with van der Waals surface area (Å²) in [5.41, 5.74) is 3.95. The van der Waals surface area contributed by atoms with Crippen LogP contribution in [0.5, 0.6) is 11.5 Å². The van der Waals surface area contributed by atoms with Crippen LogP contribution < -0.4 is 24.8 Å². The highest BCUT2D eigenvalue weighted by molar-refractivity contribution is 5.90. The van der Waals surface area contributed by atoms with Crippen LogP contribution in [-0.2, 0) is 9.63 Å². The number of likely N-dealkylation sites (N-methyl/N-ethyl adjacent to an activating group) is 1. The Balaban J connectivity index is 1.09. The highest BCUT2D eigenvalue weighted by Gasteiger charge is 2.33. The first-order chi connectivity index (χ1) is 25.3. The van der Waals surface area contributed by atoms with Gasteiger partial charge < -0.3 is 29.4 Å². The van der Waals surface area contributed by atoms with Crippen LogP contribution in [0.4, 0.5) is 16.6 Å². The molecule has 0 radical (unpaired) electrons. The molecule has 0 saturated carbocycles. The Hall–Kier alpha value is -5.63. The fourth-order valence-electron chi connectivity index (χ4n) is 7.04. The average molecular weight is 708 g/mol. The van der Waals surface area contributed by atoms with E-state index in [0.717, 1.165) is 53.7 Å². The number of rotatable bonds is 12. The number of aryl methyl sites for hydroxylation is 1. The van der Waals surface area contributed by atoms with Crippen molar-refractivity contribution in [2.75, 3.05) is 43.8 Å². The number of carbonyl (C=O) groups is 2. The van der Waals surface area contributed by atoms with Gasteiger partial charge in [-0.3, -0.25) is 9.20 Å². The molecule has 1 aliphatic carbocycles. The summed E-state index contributed by atoms with van der Waals surface area (Å²) in [4.78, 5) is 35.4. The molecule has 1 N–H and O–H groups in total. The zero-order valence-electron chi connectivity index (χ0n) is 30.0. The molecule has 2 aromatic carbocycles. The van der Waals surface area contributed by atoms with Crippen LogP contribution in [0.1, 0.15) is 68.0 Å². The standard InChI is InChI=1S/C38H45N9O5/c1-26-22-36(46(42-26)28-11-9-12-29(23-28)50-21-20-43(3)4)47(51-25-48)38(49)39-33-16-17-34(32-14-6-5-13-31(32)33)52-30-15-18-35-40-41-37(45(35)24-30)44-19-8-7-10-27(44)2/h5-6,9,11-15,18,22-25,27,33-34H,7-8,10,16-17,19-21H2,1-4H3,(H,39,49)/t27-,33-,34+/m0/s1. The van der Waals surface area contributed by atoms with Crippen LogP contribution in [0.2, 0.25) is 0 Å². The molecule has 7 rings (SSSR count). The number of urea groups is 1. The SMILES string of the molecule is Cc1cc(N(OC=O)C(=O)N[C@H]2CC[C@@H](Oc3ccc4nnc(N5CCCC[C@@H]5C)n4c3)c3ccccc32)n(-c2cccc(OCCN(C)C)c2)n1. The molecular weight excluding hydrogens is 662 g/mol. The number of pyridine rings is 1. The predicted octanol–water partition coefficient (Wildman–Crippen LogP) is 5.80. The number of benzene rings is 2. The van der Waals surface area contributed by atoms with Crippen LogP contribution in [0.3, 0.4) is 0 Å². The number of ether oxygens (including phenoxy) is 2. The van der Waals surface area contributed by atoms with E-state index in [1.165, 1.54) is 6.42 Å². The zero-order valence-corrected chi connectivity index (χ0v) is 30.0. The largest absolute Gasteiger partial charge is 0.492 e. The number of anilines is 2. The lowest BCUT2D eigenvalue weighted by Gasteiger charge is -2.34. The number of nitrogens with one attached hydrogen (secondary N) is 1. The smallest absolute Gasteiger partial charge is 0.357 e. The number of hydrogen-bond donors (Lipinski definition) is 1. The second-order valence-electron chi connectivity index (χ2n) is 13.6. The van der Waals surface area contributed by atoms with Crippen LogP contribution in [0.15, 0.2) is 72.9 Å². The van der Waals surface area contributed by atoms with E-state index in [1.54, 1.807) is 10.7 Å². The summed E-state index contributed by atoms with van der Waals surface area (Å²) in [7, 11) is 3.96. The van der Waals surface area contributed by atoms with Gasteiger partial charge in [-0.25, -0.2) is 9.48 Å². The molecule has 3 aromatic heterocycles. The lowest BCUT2D eigenvalue weighted by Crippen LogP contribution is -2.43. The molecular formula is C38H45N9O5. The van der Waals surface area contributed by atoms with Crippen molar-refractivity contribution in [2.45, 2.75) is 64.1 Å². The quantitative estimate of drug-likeness (QED) is 0.125. The topological polar surface area (TPSA) is 132 Å². The molecule has 0 spiro atoms. The number of fused-ring (bicyclic) bond motifs is 2. The molecule has 52 heavy (non-hydrogen) atoms. The number of piperidine rings is 1. The summed E-state index contributed by atoms with van der Waals surface area (Å²) in [6, 6.07) is 20.3. The van der Waals surface area contributed by atoms with Crippen molar-refractivity contribution in [3.05, 3.63) is 89.7 Å². The van der Waals surface area contributed by atoms with Crippen molar-refractivity contribution in [1.29, 1.82) is 0 Å². The zero-order chi connectivity index (χ0) is 36.2. The van der Waals surface area contributed by atoms with Crippen LogP contribution in [0, 0.1) is 6.92 Å². The normalized spacial score (nSPS) is 18.6. The highest BCUT2D eigenvalue weighted by Crippen LogP contribution is 2.39. The van der Waals surface area contributed by atoms with Crippen molar-refractivity contribution in [1.82, 2.24) is 34.6 Å². The lowest BCUT2D eigenvalue weighted by molar-refractivity contribution is -0.129. The van der Waals surface area contributed by atoms with Crippen molar-refractivity contribution >= 4 is 29.9 Å². The van der Waals surface area contributed by atoms with E-state index >= 15 is 0 Å². The maximum absolute atomic E-state index is 13.9. The molecule has 2 aliphatic rings. The number of nitrogens with zero attached hydrogens (tertiary/aromatic N) is 8. The molecule has 14 heteroatoms. The molecule has 14 nitrogen and oxygen atoms in total. The third-order valence-corrected chi connectivity index (χ3v) is 9.65. The van der Waals surface area contributed by atoms with Gasteiger partial charge in [0.2, 0.25) is 5.95 Å². The van der Waals surface area contributed by atoms with E-state index in [9.17, 15) is 9.59 Å². The van der Waals surface area contributed by atoms with Gasteiger partial charge >= 0.3 is 12.5 Å². The van der Waals surface area contributed by atoms with E-state index in [1.807, 2.05) is 97.2 Å².